The van der Waals surface area contributed by atoms with Crippen LogP contribution >= 0.6 is 0 Å². The Labute approximate surface area is 182 Å². The summed E-state index contributed by atoms with van der Waals surface area (Å²) in [6.45, 7) is 10.1. The summed E-state index contributed by atoms with van der Waals surface area (Å²) < 4.78 is 13.1. The minimum absolute atomic E-state index is 0.00138. The maximum absolute atomic E-state index is 13.1. The lowest BCUT2D eigenvalue weighted by Crippen LogP contribution is -2.53. The highest BCUT2D eigenvalue weighted by Crippen LogP contribution is 2.20. The molecule has 0 bridgehead atoms. The molecule has 7 nitrogen and oxygen atoms in total. The molecule has 2 amide bonds. The first-order valence-corrected chi connectivity index (χ1v) is 10.7. The molecule has 0 aliphatic carbocycles. The molecule has 31 heavy (non-hydrogen) atoms. The van der Waals surface area contributed by atoms with Gasteiger partial charge in [-0.15, -0.1) is 10.2 Å². The van der Waals surface area contributed by atoms with Crippen molar-refractivity contribution in [3.63, 3.8) is 0 Å². The molecule has 1 aliphatic rings. The van der Waals surface area contributed by atoms with Gasteiger partial charge in [0, 0.05) is 43.7 Å². The van der Waals surface area contributed by atoms with Crippen molar-refractivity contribution in [3.05, 3.63) is 42.2 Å². The predicted octanol–water partition coefficient (Wildman–Crippen LogP) is 2.82. The Kier molecular flexibility index (Phi) is 7.20. The number of nitrogens with zero attached hydrogens (tertiary/aromatic N) is 5. The molecular formula is C23H30FN5O2. The van der Waals surface area contributed by atoms with Gasteiger partial charge in [0.1, 0.15) is 5.82 Å². The summed E-state index contributed by atoms with van der Waals surface area (Å²) in [5.74, 6) is 0.296. The Morgan fingerprint density at radius 2 is 1.61 bits per heavy atom. The van der Waals surface area contributed by atoms with E-state index in [4.69, 9.17) is 0 Å². The van der Waals surface area contributed by atoms with Crippen LogP contribution in [-0.4, -0.2) is 70.6 Å². The number of hydrogen-bond acceptors (Lipinski definition) is 5. The number of benzene rings is 1. The number of carbonyl (C=O) groups is 2. The zero-order valence-electron chi connectivity index (χ0n) is 18.6. The van der Waals surface area contributed by atoms with Crippen molar-refractivity contribution in [2.75, 3.05) is 37.6 Å². The minimum atomic E-state index is -0.286. The summed E-state index contributed by atoms with van der Waals surface area (Å²) in [6, 6.07) is 9.89. The van der Waals surface area contributed by atoms with Crippen LogP contribution in [0, 0.1) is 11.7 Å². The molecule has 0 spiro atoms. The van der Waals surface area contributed by atoms with E-state index < -0.39 is 0 Å². The molecule has 0 unspecified atom stereocenters. The molecule has 1 saturated heterocycles. The van der Waals surface area contributed by atoms with Crippen LogP contribution in [0.1, 0.15) is 27.7 Å². The van der Waals surface area contributed by atoms with E-state index in [1.165, 1.54) is 12.1 Å². The first kappa shape index (κ1) is 22.7. The highest BCUT2D eigenvalue weighted by molar-refractivity contribution is 5.86. The summed E-state index contributed by atoms with van der Waals surface area (Å²) in [4.78, 5) is 30.7. The molecule has 166 valence electrons. The van der Waals surface area contributed by atoms with Crippen molar-refractivity contribution < 1.29 is 14.0 Å². The SMILES string of the molecule is CC(C)C(=O)N(CC(=O)N1CCN(c2ccc(-c3ccc(F)cc3)nn2)CC1)C(C)C. The van der Waals surface area contributed by atoms with E-state index in [0.29, 0.717) is 31.9 Å². The number of piperazine rings is 1. The Bertz CT molecular complexity index is 891. The molecule has 1 aromatic heterocycles. The molecule has 2 aromatic rings. The van der Waals surface area contributed by atoms with Gasteiger partial charge in [-0.1, -0.05) is 13.8 Å². The Balaban J connectivity index is 1.57. The fraction of sp³-hybridized carbons (Fsp3) is 0.478. The average Bonchev–Trinajstić information content (AvgIpc) is 2.77. The molecular weight excluding hydrogens is 397 g/mol. The van der Waals surface area contributed by atoms with Crippen molar-refractivity contribution in [2.24, 2.45) is 5.92 Å². The summed E-state index contributed by atoms with van der Waals surface area (Å²) in [7, 11) is 0. The first-order chi connectivity index (χ1) is 14.8. The second-order valence-corrected chi connectivity index (χ2v) is 8.37. The van der Waals surface area contributed by atoms with Crippen LogP contribution in [0.2, 0.25) is 0 Å². The van der Waals surface area contributed by atoms with Gasteiger partial charge in [-0.3, -0.25) is 9.59 Å². The molecule has 1 aliphatic heterocycles. The zero-order valence-corrected chi connectivity index (χ0v) is 18.6. The molecule has 8 heteroatoms. The Morgan fingerprint density at radius 3 is 2.13 bits per heavy atom. The minimum Gasteiger partial charge on any atom is -0.352 e. The first-order valence-electron chi connectivity index (χ1n) is 10.7. The largest absolute Gasteiger partial charge is 0.352 e. The van der Waals surface area contributed by atoms with Crippen LogP contribution in [0.25, 0.3) is 11.3 Å². The Morgan fingerprint density at radius 1 is 0.968 bits per heavy atom. The lowest BCUT2D eigenvalue weighted by Gasteiger charge is -2.37. The third kappa shape index (κ3) is 5.57. The molecule has 1 fully saturated rings. The molecule has 0 saturated carbocycles. The summed E-state index contributed by atoms with van der Waals surface area (Å²) in [5.41, 5.74) is 1.49. The van der Waals surface area contributed by atoms with Gasteiger partial charge < -0.3 is 14.7 Å². The van der Waals surface area contributed by atoms with E-state index in [2.05, 4.69) is 15.1 Å². The van der Waals surface area contributed by atoms with Crippen LogP contribution in [-0.2, 0) is 9.59 Å². The summed E-state index contributed by atoms with van der Waals surface area (Å²) in [6.07, 6.45) is 0. The maximum Gasteiger partial charge on any atom is 0.242 e. The second kappa shape index (κ2) is 9.85. The molecule has 0 radical (unpaired) electrons. The quantitative estimate of drug-likeness (QED) is 0.709. The van der Waals surface area contributed by atoms with Crippen LogP contribution in [0.3, 0.4) is 0 Å². The highest BCUT2D eigenvalue weighted by atomic mass is 19.1. The van der Waals surface area contributed by atoms with Crippen molar-refractivity contribution in [1.82, 2.24) is 20.0 Å². The number of halogens is 1. The number of aromatic nitrogens is 2. The van der Waals surface area contributed by atoms with Gasteiger partial charge in [-0.2, -0.15) is 0 Å². The van der Waals surface area contributed by atoms with E-state index in [9.17, 15) is 14.0 Å². The van der Waals surface area contributed by atoms with Crippen molar-refractivity contribution in [3.8, 4) is 11.3 Å². The van der Waals surface area contributed by atoms with Gasteiger partial charge in [-0.05, 0) is 50.2 Å². The normalized spacial score (nSPS) is 14.3. The van der Waals surface area contributed by atoms with Gasteiger partial charge in [0.2, 0.25) is 11.8 Å². The van der Waals surface area contributed by atoms with Crippen molar-refractivity contribution in [1.29, 1.82) is 0 Å². The van der Waals surface area contributed by atoms with Gasteiger partial charge in [0.25, 0.3) is 0 Å². The molecule has 3 rings (SSSR count). The smallest absolute Gasteiger partial charge is 0.242 e. The zero-order chi connectivity index (χ0) is 22.5. The van der Waals surface area contributed by atoms with Gasteiger partial charge >= 0.3 is 0 Å². The molecule has 2 heterocycles. The monoisotopic (exact) mass is 427 g/mol. The van der Waals surface area contributed by atoms with E-state index in [-0.39, 0.29) is 36.1 Å². The van der Waals surface area contributed by atoms with Gasteiger partial charge in [0.15, 0.2) is 5.82 Å². The fourth-order valence-electron chi connectivity index (χ4n) is 3.55. The summed E-state index contributed by atoms with van der Waals surface area (Å²) >= 11 is 0. The third-order valence-corrected chi connectivity index (χ3v) is 5.45. The topological polar surface area (TPSA) is 69.6 Å². The molecule has 0 atom stereocenters. The third-order valence-electron chi connectivity index (χ3n) is 5.45. The number of carbonyl (C=O) groups excluding carboxylic acids is 2. The number of rotatable bonds is 6. The van der Waals surface area contributed by atoms with E-state index >= 15 is 0 Å². The average molecular weight is 428 g/mol. The number of anilines is 1. The standard InChI is InChI=1S/C23H30FN5O2/c1-16(2)23(31)29(17(3)4)15-22(30)28-13-11-27(12-14-28)21-10-9-20(25-26-21)18-5-7-19(24)8-6-18/h5-10,16-17H,11-15H2,1-4H3. The van der Waals surface area contributed by atoms with Crippen LogP contribution in [0.5, 0.6) is 0 Å². The van der Waals surface area contributed by atoms with Gasteiger partial charge in [0.05, 0.1) is 12.2 Å². The molecule has 0 N–H and O–H groups in total. The second-order valence-electron chi connectivity index (χ2n) is 8.37. The van der Waals surface area contributed by atoms with Crippen LogP contribution in [0.15, 0.2) is 36.4 Å². The number of hydrogen-bond donors (Lipinski definition) is 0. The lowest BCUT2D eigenvalue weighted by molar-refractivity contribution is -0.144. The Hall–Kier alpha value is -3.03. The van der Waals surface area contributed by atoms with E-state index in [0.717, 1.165) is 11.4 Å². The lowest BCUT2D eigenvalue weighted by atomic mass is 10.1. The fourth-order valence-corrected chi connectivity index (χ4v) is 3.55. The highest BCUT2D eigenvalue weighted by Gasteiger charge is 2.27. The van der Waals surface area contributed by atoms with Crippen LogP contribution < -0.4 is 4.90 Å². The predicted molar refractivity (Wildman–Crippen MR) is 118 cm³/mol. The van der Waals surface area contributed by atoms with Crippen LogP contribution in [0.4, 0.5) is 10.2 Å². The van der Waals surface area contributed by atoms with Crippen molar-refractivity contribution in [2.45, 2.75) is 33.7 Å². The van der Waals surface area contributed by atoms with Gasteiger partial charge in [-0.25, -0.2) is 4.39 Å². The van der Waals surface area contributed by atoms with Crippen molar-refractivity contribution >= 4 is 17.6 Å². The maximum atomic E-state index is 13.1. The molecule has 1 aromatic carbocycles. The van der Waals surface area contributed by atoms with E-state index in [1.54, 1.807) is 21.9 Å². The summed E-state index contributed by atoms with van der Waals surface area (Å²) in [5, 5.41) is 8.57. The number of amides is 2. The van der Waals surface area contributed by atoms with E-state index in [1.807, 2.05) is 39.8 Å².